The van der Waals surface area contributed by atoms with Gasteiger partial charge in [-0.3, -0.25) is 9.69 Å². The largest absolute Gasteiger partial charge is 0.360 e. The van der Waals surface area contributed by atoms with Crippen LogP contribution in [0.4, 0.5) is 0 Å². The lowest BCUT2D eigenvalue weighted by Gasteiger charge is -2.34. The zero-order valence-electron chi connectivity index (χ0n) is 15.0. The van der Waals surface area contributed by atoms with E-state index in [0.29, 0.717) is 0 Å². The Hall–Kier alpha value is -3.12. The molecular formula is C21H21N5O. The van der Waals surface area contributed by atoms with Crippen LogP contribution in [0.5, 0.6) is 0 Å². The van der Waals surface area contributed by atoms with E-state index < -0.39 is 0 Å². The average Bonchev–Trinajstić information content (AvgIpc) is 3.31. The number of amides is 1. The van der Waals surface area contributed by atoms with Crippen LogP contribution in [0.2, 0.25) is 0 Å². The quantitative estimate of drug-likeness (QED) is 0.612. The molecule has 1 aliphatic heterocycles. The summed E-state index contributed by atoms with van der Waals surface area (Å²) in [6, 6.07) is 16.1. The van der Waals surface area contributed by atoms with E-state index in [0.717, 1.165) is 60.4 Å². The highest BCUT2D eigenvalue weighted by Crippen LogP contribution is 2.20. The number of hydrogen-bond acceptors (Lipinski definition) is 3. The molecule has 136 valence electrons. The molecule has 1 aliphatic rings. The first-order chi connectivity index (χ1) is 13.3. The van der Waals surface area contributed by atoms with Crippen LogP contribution in [-0.2, 0) is 6.54 Å². The number of H-pyrrole nitrogens is 1. The lowest BCUT2D eigenvalue weighted by atomic mass is 10.1. The predicted octanol–water partition coefficient (Wildman–Crippen LogP) is 2.77. The second kappa shape index (κ2) is 6.55. The zero-order valence-corrected chi connectivity index (χ0v) is 15.0. The van der Waals surface area contributed by atoms with E-state index in [4.69, 9.17) is 0 Å². The third-order valence-corrected chi connectivity index (χ3v) is 5.29. The van der Waals surface area contributed by atoms with Crippen molar-refractivity contribution < 1.29 is 4.79 Å². The summed E-state index contributed by atoms with van der Waals surface area (Å²) in [7, 11) is 0. The van der Waals surface area contributed by atoms with Crippen LogP contribution < -0.4 is 0 Å². The van der Waals surface area contributed by atoms with Gasteiger partial charge in [0.1, 0.15) is 0 Å². The number of pyridine rings is 1. The van der Waals surface area contributed by atoms with Crippen molar-refractivity contribution in [1.29, 1.82) is 0 Å². The molecule has 6 nitrogen and oxygen atoms in total. The van der Waals surface area contributed by atoms with Crippen LogP contribution in [0, 0.1) is 0 Å². The molecule has 0 unspecified atom stereocenters. The molecule has 1 N–H and O–H groups in total. The average molecular weight is 359 g/mol. The summed E-state index contributed by atoms with van der Waals surface area (Å²) in [5.41, 5.74) is 3.95. The minimum atomic E-state index is 0.111. The number of piperazine rings is 1. The maximum absolute atomic E-state index is 12.9. The standard InChI is InChI=1S/C21H21N5O/c27-21(19-14-22-20-7-2-1-6-18(19)20)25-11-9-24(10-12-25)15-16-13-17-5-3-4-8-26(17)23-16/h1-8,13-14,22H,9-12,15H2. The van der Waals surface area contributed by atoms with Gasteiger partial charge in [-0.05, 0) is 24.3 Å². The van der Waals surface area contributed by atoms with Crippen LogP contribution in [0.3, 0.4) is 0 Å². The maximum Gasteiger partial charge on any atom is 0.256 e. The number of carbonyl (C=O) groups excluding carboxylic acids is 1. The molecule has 1 amide bonds. The monoisotopic (exact) mass is 359 g/mol. The molecule has 0 bridgehead atoms. The summed E-state index contributed by atoms with van der Waals surface area (Å²) in [6.45, 7) is 4.03. The smallest absolute Gasteiger partial charge is 0.256 e. The number of nitrogens with zero attached hydrogens (tertiary/aromatic N) is 4. The van der Waals surface area contributed by atoms with Gasteiger partial charge in [-0.1, -0.05) is 24.3 Å². The van der Waals surface area contributed by atoms with Crippen LogP contribution in [0.1, 0.15) is 16.1 Å². The molecule has 5 rings (SSSR count). The summed E-state index contributed by atoms with van der Waals surface area (Å²) in [5.74, 6) is 0.111. The van der Waals surface area contributed by atoms with Crippen molar-refractivity contribution >= 4 is 22.3 Å². The number of rotatable bonds is 3. The second-order valence-corrected chi connectivity index (χ2v) is 7.02. The topological polar surface area (TPSA) is 56.6 Å². The van der Waals surface area contributed by atoms with E-state index in [9.17, 15) is 4.79 Å². The van der Waals surface area contributed by atoms with Crippen molar-refractivity contribution in [2.24, 2.45) is 0 Å². The fourth-order valence-electron chi connectivity index (χ4n) is 3.83. The summed E-state index contributed by atoms with van der Waals surface area (Å²) in [4.78, 5) is 20.4. The molecule has 0 radical (unpaired) electrons. The summed E-state index contributed by atoms with van der Waals surface area (Å²) >= 11 is 0. The highest BCUT2D eigenvalue weighted by molar-refractivity contribution is 6.06. The van der Waals surface area contributed by atoms with E-state index in [1.54, 1.807) is 0 Å². The molecule has 4 aromatic rings. The van der Waals surface area contributed by atoms with Crippen LogP contribution >= 0.6 is 0 Å². The van der Waals surface area contributed by atoms with Crippen molar-refractivity contribution in [2.75, 3.05) is 26.2 Å². The van der Waals surface area contributed by atoms with Crippen LogP contribution in [-0.4, -0.2) is 56.5 Å². The van der Waals surface area contributed by atoms with Gasteiger partial charge in [0.2, 0.25) is 0 Å². The molecule has 0 aliphatic carbocycles. The van der Waals surface area contributed by atoms with Gasteiger partial charge in [0.05, 0.1) is 16.8 Å². The normalized spacial score (nSPS) is 15.6. The van der Waals surface area contributed by atoms with Gasteiger partial charge in [0.25, 0.3) is 5.91 Å². The maximum atomic E-state index is 12.9. The Morgan fingerprint density at radius 1 is 1.04 bits per heavy atom. The third-order valence-electron chi connectivity index (χ3n) is 5.29. The van der Waals surface area contributed by atoms with E-state index in [1.807, 2.05) is 58.2 Å². The molecule has 6 heteroatoms. The zero-order chi connectivity index (χ0) is 18.2. The van der Waals surface area contributed by atoms with Crippen molar-refractivity contribution in [1.82, 2.24) is 24.4 Å². The van der Waals surface area contributed by atoms with Gasteiger partial charge in [-0.25, -0.2) is 4.52 Å². The molecular weight excluding hydrogens is 338 g/mol. The Morgan fingerprint density at radius 3 is 2.70 bits per heavy atom. The fourth-order valence-corrected chi connectivity index (χ4v) is 3.83. The first kappa shape index (κ1) is 16.1. The second-order valence-electron chi connectivity index (χ2n) is 7.02. The van der Waals surface area contributed by atoms with Gasteiger partial charge in [-0.2, -0.15) is 5.10 Å². The lowest BCUT2D eigenvalue weighted by Crippen LogP contribution is -2.48. The Labute approximate surface area is 157 Å². The van der Waals surface area contributed by atoms with Gasteiger partial charge in [0, 0.05) is 56.0 Å². The summed E-state index contributed by atoms with van der Waals surface area (Å²) in [6.07, 6.45) is 3.80. The number of benzene rings is 1. The number of carbonyl (C=O) groups is 1. The van der Waals surface area contributed by atoms with E-state index in [1.165, 1.54) is 0 Å². The number of aromatic amines is 1. The van der Waals surface area contributed by atoms with Crippen molar-refractivity contribution in [2.45, 2.75) is 6.54 Å². The molecule has 0 spiro atoms. The minimum Gasteiger partial charge on any atom is -0.360 e. The molecule has 27 heavy (non-hydrogen) atoms. The number of para-hydroxylation sites is 1. The van der Waals surface area contributed by atoms with E-state index >= 15 is 0 Å². The third kappa shape index (κ3) is 2.98. The highest BCUT2D eigenvalue weighted by Gasteiger charge is 2.24. The number of nitrogens with one attached hydrogen (secondary N) is 1. The summed E-state index contributed by atoms with van der Waals surface area (Å²) in [5, 5.41) is 5.62. The Morgan fingerprint density at radius 2 is 1.85 bits per heavy atom. The fraction of sp³-hybridized carbons (Fsp3) is 0.238. The number of fused-ring (bicyclic) bond motifs is 2. The Kier molecular flexibility index (Phi) is 3.90. The van der Waals surface area contributed by atoms with Crippen molar-refractivity contribution in [3.8, 4) is 0 Å². The Balaban J connectivity index is 1.25. The lowest BCUT2D eigenvalue weighted by molar-refractivity contribution is 0.0629. The van der Waals surface area contributed by atoms with Crippen molar-refractivity contribution in [3.63, 3.8) is 0 Å². The van der Waals surface area contributed by atoms with Gasteiger partial charge < -0.3 is 9.88 Å². The molecule has 3 aromatic heterocycles. The van der Waals surface area contributed by atoms with E-state index in [-0.39, 0.29) is 5.91 Å². The van der Waals surface area contributed by atoms with Crippen LogP contribution in [0.25, 0.3) is 16.4 Å². The van der Waals surface area contributed by atoms with Gasteiger partial charge in [-0.15, -0.1) is 0 Å². The molecule has 1 saturated heterocycles. The molecule has 4 heterocycles. The SMILES string of the molecule is O=C(c1c[nH]c2ccccc12)N1CCN(Cc2cc3ccccn3n2)CC1. The Bertz CT molecular complexity index is 1070. The van der Waals surface area contributed by atoms with Gasteiger partial charge >= 0.3 is 0 Å². The summed E-state index contributed by atoms with van der Waals surface area (Å²) < 4.78 is 1.91. The minimum absolute atomic E-state index is 0.111. The predicted molar refractivity (Wildman–Crippen MR) is 105 cm³/mol. The number of aromatic nitrogens is 3. The highest BCUT2D eigenvalue weighted by atomic mass is 16.2. The molecule has 1 aromatic carbocycles. The first-order valence-electron chi connectivity index (χ1n) is 9.29. The first-order valence-corrected chi connectivity index (χ1v) is 9.29. The number of hydrogen-bond donors (Lipinski definition) is 1. The van der Waals surface area contributed by atoms with Crippen molar-refractivity contribution in [3.05, 3.63) is 72.2 Å². The molecule has 0 saturated carbocycles. The molecule has 1 fully saturated rings. The van der Waals surface area contributed by atoms with Gasteiger partial charge in [0.15, 0.2) is 0 Å². The van der Waals surface area contributed by atoms with Crippen LogP contribution in [0.15, 0.2) is 60.9 Å². The molecule has 0 atom stereocenters. The van der Waals surface area contributed by atoms with E-state index in [2.05, 4.69) is 27.1 Å².